The average molecular weight is 467 g/mol. The van der Waals surface area contributed by atoms with Gasteiger partial charge in [-0.15, -0.1) is 0 Å². The van der Waals surface area contributed by atoms with Gasteiger partial charge in [0.1, 0.15) is 6.04 Å². The zero-order valence-corrected chi connectivity index (χ0v) is 17.8. The number of halogens is 3. The number of ether oxygens (including phenoxy) is 1. The lowest BCUT2D eigenvalue weighted by atomic mass is 10.1. The Hall–Kier alpha value is -3.38. The number of carboxylic acids is 1. The molecule has 0 aliphatic carbocycles. The zero-order chi connectivity index (χ0) is 24.0. The maximum atomic E-state index is 12.7. The summed E-state index contributed by atoms with van der Waals surface area (Å²) in [5.74, 6) is -2.75. The lowest BCUT2D eigenvalue weighted by Gasteiger charge is -2.33. The van der Waals surface area contributed by atoms with E-state index in [1.165, 1.54) is 10.9 Å². The summed E-state index contributed by atoms with van der Waals surface area (Å²) in [7, 11) is 1.63. The number of hydrogen-bond acceptors (Lipinski definition) is 5. The predicted molar refractivity (Wildman–Crippen MR) is 112 cm³/mol. The Morgan fingerprint density at radius 3 is 2.79 bits per heavy atom. The molecule has 0 bridgehead atoms. The van der Waals surface area contributed by atoms with Gasteiger partial charge in [-0.3, -0.25) is 9.69 Å². The molecule has 0 saturated carbocycles. The van der Waals surface area contributed by atoms with Crippen LogP contribution in [0.25, 0.3) is 10.9 Å². The Labute approximate surface area is 187 Å². The zero-order valence-electron chi connectivity index (χ0n) is 17.8. The second-order valence-electron chi connectivity index (χ2n) is 7.42. The van der Waals surface area contributed by atoms with Crippen LogP contribution in [0.2, 0.25) is 0 Å². The summed E-state index contributed by atoms with van der Waals surface area (Å²) in [6.45, 7) is 3.25. The molecular formula is C21H24F3N5O4. The Bertz CT molecular complexity index is 1090. The number of nitrogens with zero attached hydrogens (tertiary/aromatic N) is 3. The van der Waals surface area contributed by atoms with E-state index < -0.39 is 12.1 Å². The van der Waals surface area contributed by atoms with Crippen molar-refractivity contribution in [3.8, 4) is 0 Å². The molecule has 0 radical (unpaired) electrons. The topological polar surface area (TPSA) is 112 Å². The highest BCUT2D eigenvalue weighted by molar-refractivity contribution is 5.83. The van der Waals surface area contributed by atoms with Crippen molar-refractivity contribution in [3.63, 3.8) is 0 Å². The van der Waals surface area contributed by atoms with E-state index in [1.54, 1.807) is 13.4 Å². The Morgan fingerprint density at radius 1 is 1.33 bits per heavy atom. The number of aliphatic carboxylic acids is 1. The second kappa shape index (κ2) is 10.5. The van der Waals surface area contributed by atoms with E-state index in [1.807, 2.05) is 17.0 Å². The van der Waals surface area contributed by atoms with Crippen LogP contribution in [-0.4, -0.2) is 69.4 Å². The van der Waals surface area contributed by atoms with Gasteiger partial charge in [0.15, 0.2) is 0 Å². The molecule has 0 fully saturated rings. The number of imidazole rings is 1. The summed E-state index contributed by atoms with van der Waals surface area (Å²) in [6.07, 6.45) is 0.476. The number of amides is 1. The van der Waals surface area contributed by atoms with E-state index in [2.05, 4.69) is 44.5 Å². The quantitative estimate of drug-likeness (QED) is 0.480. The minimum Gasteiger partial charge on any atom is -0.475 e. The molecule has 0 saturated heterocycles. The fourth-order valence-electron chi connectivity index (χ4n) is 3.61. The first-order valence-corrected chi connectivity index (χ1v) is 10.1. The van der Waals surface area contributed by atoms with Crippen molar-refractivity contribution in [2.75, 3.05) is 26.8 Å². The highest BCUT2D eigenvalue weighted by atomic mass is 19.4. The third-order valence-corrected chi connectivity index (χ3v) is 5.13. The molecule has 4 rings (SSSR count). The van der Waals surface area contributed by atoms with Gasteiger partial charge in [0.2, 0.25) is 5.91 Å². The number of hydrogen-bond donors (Lipinski definition) is 3. The highest BCUT2D eigenvalue weighted by Gasteiger charge is 2.38. The van der Waals surface area contributed by atoms with Crippen molar-refractivity contribution in [1.82, 2.24) is 24.8 Å². The van der Waals surface area contributed by atoms with E-state index in [-0.39, 0.29) is 11.9 Å². The standard InChI is InChI=1S/C19H23N5O2.C2HF3O2/c1-26-8-7-22-19(25)18-12-23(11-15-9-20-13-24(15)18)10-14-3-2-4-17-16(14)5-6-21-17;3-2(4,5)1(6)7/h2-6,9,13,18,21H,7-8,10-12H2,1H3,(H,22,25);(H,6,7). The maximum Gasteiger partial charge on any atom is 0.490 e. The molecule has 33 heavy (non-hydrogen) atoms. The molecule has 3 aromatic rings. The third-order valence-electron chi connectivity index (χ3n) is 5.13. The van der Waals surface area contributed by atoms with E-state index in [0.717, 1.165) is 24.3 Å². The lowest BCUT2D eigenvalue weighted by molar-refractivity contribution is -0.192. The number of benzene rings is 1. The summed E-state index contributed by atoms with van der Waals surface area (Å²) >= 11 is 0. The molecule has 1 amide bonds. The molecule has 2 aromatic heterocycles. The smallest absolute Gasteiger partial charge is 0.475 e. The second-order valence-corrected chi connectivity index (χ2v) is 7.42. The van der Waals surface area contributed by atoms with Crippen LogP contribution in [0.3, 0.4) is 0 Å². The molecule has 1 unspecified atom stereocenters. The van der Waals surface area contributed by atoms with Gasteiger partial charge in [-0.25, -0.2) is 9.78 Å². The van der Waals surface area contributed by atoms with Gasteiger partial charge >= 0.3 is 12.1 Å². The monoisotopic (exact) mass is 467 g/mol. The first-order chi connectivity index (χ1) is 15.7. The first kappa shape index (κ1) is 24.3. The van der Waals surface area contributed by atoms with Gasteiger partial charge in [0.25, 0.3) is 0 Å². The van der Waals surface area contributed by atoms with E-state index in [0.29, 0.717) is 19.7 Å². The van der Waals surface area contributed by atoms with Crippen LogP contribution < -0.4 is 5.32 Å². The van der Waals surface area contributed by atoms with Crippen LogP contribution in [0.5, 0.6) is 0 Å². The van der Waals surface area contributed by atoms with Gasteiger partial charge in [0, 0.05) is 56.6 Å². The van der Waals surface area contributed by atoms with Crippen LogP contribution in [0.4, 0.5) is 13.2 Å². The predicted octanol–water partition coefficient (Wildman–Crippen LogP) is 2.32. The highest BCUT2D eigenvalue weighted by Crippen LogP contribution is 2.25. The Kier molecular flexibility index (Phi) is 7.71. The number of alkyl halides is 3. The number of carbonyl (C=O) groups is 2. The van der Waals surface area contributed by atoms with E-state index in [9.17, 15) is 18.0 Å². The fourth-order valence-corrected chi connectivity index (χ4v) is 3.61. The molecule has 1 aromatic carbocycles. The van der Waals surface area contributed by atoms with Crippen molar-refractivity contribution in [2.45, 2.75) is 25.3 Å². The molecule has 9 nitrogen and oxygen atoms in total. The molecule has 0 spiro atoms. The summed E-state index contributed by atoms with van der Waals surface area (Å²) in [5.41, 5.74) is 3.46. The van der Waals surface area contributed by atoms with E-state index in [4.69, 9.17) is 14.6 Å². The summed E-state index contributed by atoms with van der Waals surface area (Å²) < 4.78 is 38.7. The molecule has 1 atom stereocenters. The van der Waals surface area contributed by atoms with Gasteiger partial charge < -0.3 is 24.7 Å². The van der Waals surface area contributed by atoms with Crippen molar-refractivity contribution in [1.29, 1.82) is 0 Å². The number of aromatic amines is 1. The van der Waals surface area contributed by atoms with Crippen molar-refractivity contribution >= 4 is 22.8 Å². The number of H-pyrrole nitrogens is 1. The third kappa shape index (κ3) is 6.11. The number of carbonyl (C=O) groups excluding carboxylic acids is 1. The molecule has 3 N–H and O–H groups in total. The average Bonchev–Trinajstić information content (AvgIpc) is 3.43. The largest absolute Gasteiger partial charge is 0.490 e. The van der Waals surface area contributed by atoms with Crippen molar-refractivity contribution in [2.24, 2.45) is 0 Å². The number of carboxylic acid groups (broad SMARTS) is 1. The Balaban J connectivity index is 0.000000383. The summed E-state index contributed by atoms with van der Waals surface area (Å²) in [4.78, 5) is 31.4. The molecular weight excluding hydrogens is 443 g/mol. The number of nitrogens with one attached hydrogen (secondary N) is 2. The van der Waals surface area contributed by atoms with Crippen LogP contribution in [0.15, 0.2) is 43.0 Å². The fraction of sp³-hybridized carbons (Fsp3) is 0.381. The lowest BCUT2D eigenvalue weighted by Crippen LogP contribution is -2.44. The normalized spacial score (nSPS) is 16.1. The van der Waals surface area contributed by atoms with Crippen LogP contribution in [0, 0.1) is 0 Å². The molecule has 12 heteroatoms. The van der Waals surface area contributed by atoms with Crippen molar-refractivity contribution < 1.29 is 32.6 Å². The van der Waals surface area contributed by atoms with Crippen molar-refractivity contribution in [3.05, 3.63) is 54.2 Å². The SMILES string of the molecule is COCCNC(=O)C1CN(Cc2cccc3[nH]ccc23)Cc2cncn21.O=C(O)C(F)(F)F. The minimum absolute atomic E-state index is 0.00542. The molecule has 3 heterocycles. The van der Waals surface area contributed by atoms with Crippen LogP contribution in [0.1, 0.15) is 17.3 Å². The van der Waals surface area contributed by atoms with Crippen LogP contribution in [-0.2, 0) is 27.4 Å². The Morgan fingerprint density at radius 2 is 2.09 bits per heavy atom. The number of aromatic nitrogens is 3. The first-order valence-electron chi connectivity index (χ1n) is 10.1. The molecule has 178 valence electrons. The summed E-state index contributed by atoms with van der Waals surface area (Å²) in [6, 6.07) is 8.13. The maximum absolute atomic E-state index is 12.7. The minimum atomic E-state index is -5.08. The van der Waals surface area contributed by atoms with Gasteiger partial charge in [-0.05, 0) is 17.7 Å². The molecule has 1 aliphatic rings. The van der Waals surface area contributed by atoms with Gasteiger partial charge in [-0.2, -0.15) is 13.2 Å². The van der Waals surface area contributed by atoms with Gasteiger partial charge in [0.05, 0.1) is 18.6 Å². The van der Waals surface area contributed by atoms with Gasteiger partial charge in [-0.1, -0.05) is 12.1 Å². The van der Waals surface area contributed by atoms with Crippen LogP contribution >= 0.6 is 0 Å². The van der Waals surface area contributed by atoms with E-state index >= 15 is 0 Å². The number of fused-ring (bicyclic) bond motifs is 2. The summed E-state index contributed by atoms with van der Waals surface area (Å²) in [5, 5.41) is 11.3. The molecule has 1 aliphatic heterocycles. The number of rotatable bonds is 6. The number of methoxy groups -OCH3 is 1.